The average molecular weight is 483 g/mol. The molecule has 0 aliphatic carbocycles. The number of methoxy groups -OCH3 is 4. The molecule has 2 aromatic rings. The van der Waals surface area contributed by atoms with Crippen LogP contribution in [0.1, 0.15) is 11.4 Å². The van der Waals surface area contributed by atoms with Crippen LogP contribution in [-0.2, 0) is 9.47 Å². The fraction of sp³-hybridized carbons (Fsp3) is 0.400. The van der Waals surface area contributed by atoms with Gasteiger partial charge in [0.05, 0.1) is 31.5 Å². The van der Waals surface area contributed by atoms with Crippen molar-refractivity contribution in [3.63, 3.8) is 0 Å². The van der Waals surface area contributed by atoms with E-state index in [0.717, 1.165) is 11.4 Å². The van der Waals surface area contributed by atoms with Crippen LogP contribution in [0, 0.1) is 13.8 Å². The molecule has 0 unspecified atom stereocenters. The maximum Gasteiger partial charge on any atom is 0.229 e. The number of hydrogen-bond donors (Lipinski definition) is 3. The molecule has 0 radical (unpaired) electrons. The molecule has 0 spiro atoms. The first-order chi connectivity index (χ1) is 15.3. The van der Waals surface area contributed by atoms with Crippen molar-refractivity contribution in [3.8, 4) is 11.5 Å². The molecule has 174 valence electrons. The zero-order chi connectivity index (χ0) is 23.7. The van der Waals surface area contributed by atoms with Crippen molar-refractivity contribution in [2.45, 2.75) is 20.1 Å². The lowest BCUT2D eigenvalue weighted by Crippen LogP contribution is -2.40. The lowest BCUT2D eigenvalue weighted by atomic mass is 10.2. The predicted molar refractivity (Wildman–Crippen MR) is 129 cm³/mol. The third kappa shape index (κ3) is 7.45. The lowest BCUT2D eigenvalue weighted by Gasteiger charge is -2.17. The number of halogens is 1. The van der Waals surface area contributed by atoms with Gasteiger partial charge in [-0.05, 0) is 32.1 Å². The highest BCUT2D eigenvalue weighted by atomic mass is 35.5. The largest absolute Gasteiger partial charge is 0.495 e. The number of nitrogens with one attached hydrogen (secondary N) is 3. The Morgan fingerprint density at radius 1 is 1.00 bits per heavy atom. The molecule has 3 N–H and O–H groups in total. The van der Waals surface area contributed by atoms with Gasteiger partial charge in [0.15, 0.2) is 11.4 Å². The highest BCUT2D eigenvalue weighted by molar-refractivity contribution is 7.80. The van der Waals surface area contributed by atoms with E-state index in [4.69, 9.17) is 42.8 Å². The van der Waals surface area contributed by atoms with E-state index < -0.39 is 6.29 Å². The van der Waals surface area contributed by atoms with Crippen LogP contribution in [0.4, 0.5) is 11.6 Å². The molecule has 2 rings (SSSR count). The first-order valence-electron chi connectivity index (χ1n) is 9.48. The van der Waals surface area contributed by atoms with Gasteiger partial charge in [-0.25, -0.2) is 15.0 Å². The van der Waals surface area contributed by atoms with E-state index in [1.54, 1.807) is 12.1 Å². The third-order valence-corrected chi connectivity index (χ3v) is 4.59. The molecule has 1 aromatic heterocycles. The minimum absolute atomic E-state index is 0.202. The summed E-state index contributed by atoms with van der Waals surface area (Å²) in [5.74, 6) is 1.62. The molecule has 1 aromatic carbocycles. The van der Waals surface area contributed by atoms with Gasteiger partial charge < -0.3 is 29.6 Å². The summed E-state index contributed by atoms with van der Waals surface area (Å²) in [6.45, 7) is 3.96. The van der Waals surface area contributed by atoms with Gasteiger partial charge in [0.25, 0.3) is 0 Å². The third-order valence-electron chi connectivity index (χ3n) is 4.09. The summed E-state index contributed by atoms with van der Waals surface area (Å²) in [6.07, 6.45) is -0.532. The zero-order valence-corrected chi connectivity index (χ0v) is 20.3. The summed E-state index contributed by atoms with van der Waals surface area (Å²) in [6, 6.07) is 5.18. The number of thiocarbonyl (C=S) groups is 1. The number of aryl methyl sites for hydroxylation is 2. The fourth-order valence-corrected chi connectivity index (χ4v) is 3.07. The summed E-state index contributed by atoms with van der Waals surface area (Å²) in [4.78, 5) is 13.2. The van der Waals surface area contributed by atoms with Crippen molar-refractivity contribution in [1.82, 2.24) is 15.3 Å². The summed E-state index contributed by atoms with van der Waals surface area (Å²) in [5, 5.41) is 9.73. The Morgan fingerprint density at radius 2 is 1.62 bits per heavy atom. The second-order valence-electron chi connectivity index (χ2n) is 6.46. The van der Waals surface area contributed by atoms with Crippen LogP contribution in [-0.4, -0.2) is 62.3 Å². The smallest absolute Gasteiger partial charge is 0.229 e. The summed E-state index contributed by atoms with van der Waals surface area (Å²) >= 11 is 11.6. The maximum atomic E-state index is 6.17. The highest BCUT2D eigenvalue weighted by Crippen LogP contribution is 2.35. The Kier molecular flexibility index (Phi) is 9.85. The lowest BCUT2D eigenvalue weighted by molar-refractivity contribution is -0.0937. The number of guanidine groups is 1. The Balaban J connectivity index is 2.24. The van der Waals surface area contributed by atoms with Crippen LogP contribution in [0.15, 0.2) is 23.2 Å². The van der Waals surface area contributed by atoms with E-state index in [1.165, 1.54) is 28.4 Å². The average Bonchev–Trinajstić information content (AvgIpc) is 2.74. The van der Waals surface area contributed by atoms with Crippen LogP contribution in [0.5, 0.6) is 11.5 Å². The molecule has 0 amide bonds. The molecule has 1 heterocycles. The number of aliphatic imine (C=N–C) groups is 1. The van der Waals surface area contributed by atoms with Gasteiger partial charge >= 0.3 is 0 Å². The second-order valence-corrected chi connectivity index (χ2v) is 7.27. The number of nitrogens with zero attached hydrogens (tertiary/aromatic N) is 3. The molecule has 0 fully saturated rings. The topological polar surface area (TPSA) is 111 Å². The van der Waals surface area contributed by atoms with Crippen LogP contribution in [0.2, 0.25) is 5.02 Å². The number of hydrogen-bond acceptors (Lipinski definition) is 8. The molecule has 0 saturated carbocycles. The number of anilines is 2. The number of rotatable bonds is 8. The first-order valence-corrected chi connectivity index (χ1v) is 10.3. The Labute approximate surface area is 197 Å². The summed E-state index contributed by atoms with van der Waals surface area (Å²) < 4.78 is 21.0. The van der Waals surface area contributed by atoms with Crippen LogP contribution in [0.3, 0.4) is 0 Å². The minimum Gasteiger partial charge on any atom is -0.495 e. The van der Waals surface area contributed by atoms with Crippen LogP contribution in [0.25, 0.3) is 0 Å². The van der Waals surface area contributed by atoms with Crippen molar-refractivity contribution in [3.05, 3.63) is 34.6 Å². The van der Waals surface area contributed by atoms with E-state index in [0.29, 0.717) is 34.1 Å². The number of ether oxygens (including phenoxy) is 4. The summed E-state index contributed by atoms with van der Waals surface area (Å²) in [5.41, 5.74) is 2.18. The Bertz CT molecular complexity index is 951. The van der Waals surface area contributed by atoms with Crippen molar-refractivity contribution >= 4 is 46.5 Å². The van der Waals surface area contributed by atoms with E-state index >= 15 is 0 Å². The molecule has 32 heavy (non-hydrogen) atoms. The van der Waals surface area contributed by atoms with E-state index in [9.17, 15) is 0 Å². The molecular weight excluding hydrogens is 456 g/mol. The fourth-order valence-electron chi connectivity index (χ4n) is 2.63. The van der Waals surface area contributed by atoms with E-state index in [2.05, 4.69) is 30.9 Å². The van der Waals surface area contributed by atoms with E-state index in [-0.39, 0.29) is 11.7 Å². The van der Waals surface area contributed by atoms with E-state index in [1.807, 2.05) is 19.9 Å². The van der Waals surface area contributed by atoms with Gasteiger partial charge in [-0.3, -0.25) is 5.32 Å². The van der Waals surface area contributed by atoms with Crippen LogP contribution >= 0.6 is 23.8 Å². The quantitative estimate of drug-likeness (QED) is 0.224. The number of benzene rings is 1. The van der Waals surface area contributed by atoms with Crippen molar-refractivity contribution in [1.29, 1.82) is 0 Å². The van der Waals surface area contributed by atoms with Gasteiger partial charge in [-0.15, -0.1) is 0 Å². The Morgan fingerprint density at radius 3 is 2.19 bits per heavy atom. The first kappa shape index (κ1) is 25.5. The van der Waals surface area contributed by atoms with Crippen molar-refractivity contribution < 1.29 is 18.9 Å². The summed E-state index contributed by atoms with van der Waals surface area (Å²) in [7, 11) is 6.11. The maximum absolute atomic E-state index is 6.17. The van der Waals surface area contributed by atoms with Crippen molar-refractivity contribution in [2.75, 3.05) is 45.6 Å². The molecule has 12 heteroatoms. The van der Waals surface area contributed by atoms with Crippen molar-refractivity contribution in [2.24, 2.45) is 4.99 Å². The van der Waals surface area contributed by atoms with Gasteiger partial charge in [0.1, 0.15) is 11.5 Å². The molecule has 0 aliphatic heterocycles. The van der Waals surface area contributed by atoms with Gasteiger partial charge in [-0.1, -0.05) is 11.6 Å². The van der Waals surface area contributed by atoms with Gasteiger partial charge in [0, 0.05) is 37.7 Å². The SMILES string of the molecule is COc1cc(NC(=S)NC(=NCC(OC)OC)Nc2nc(C)cc(C)n2)c(OC)cc1Cl. The molecule has 0 bridgehead atoms. The number of aromatic nitrogens is 2. The van der Waals surface area contributed by atoms with Gasteiger partial charge in [0.2, 0.25) is 11.9 Å². The standard InChI is InChI=1S/C20H27ClN6O4S/c1-11-7-12(2)24-19(23-11)26-18(22-10-17(30-5)31-6)27-20(32)25-14-9-15(28-3)13(21)8-16(14)29-4/h7-9,17H,10H2,1-6H3,(H3,22,23,24,25,26,27,32). The normalized spacial score (nSPS) is 11.3. The zero-order valence-electron chi connectivity index (χ0n) is 18.8. The molecule has 0 aliphatic rings. The monoisotopic (exact) mass is 482 g/mol. The minimum atomic E-state index is -0.532. The molecule has 0 atom stereocenters. The second kappa shape index (κ2) is 12.3. The van der Waals surface area contributed by atoms with Crippen LogP contribution < -0.4 is 25.4 Å². The molecular formula is C20H27ClN6O4S. The predicted octanol–water partition coefficient (Wildman–Crippen LogP) is 3.14. The highest BCUT2D eigenvalue weighted by Gasteiger charge is 2.14. The van der Waals surface area contributed by atoms with Gasteiger partial charge in [-0.2, -0.15) is 0 Å². The molecule has 0 saturated heterocycles. The molecule has 10 nitrogen and oxygen atoms in total. The Hall–Kier alpha value is -2.73.